The van der Waals surface area contributed by atoms with Gasteiger partial charge in [-0.05, 0) is 42.3 Å². The predicted molar refractivity (Wildman–Crippen MR) is 127 cm³/mol. The fourth-order valence-electron chi connectivity index (χ4n) is 3.33. The zero-order valence-electron chi connectivity index (χ0n) is 18.4. The lowest BCUT2D eigenvalue weighted by molar-refractivity contribution is -0.140. The van der Waals surface area contributed by atoms with Gasteiger partial charge in [0.2, 0.25) is 5.95 Å². The van der Waals surface area contributed by atoms with Gasteiger partial charge in [0.05, 0.1) is 11.9 Å². The first-order valence-electron chi connectivity index (χ1n) is 10.4. The molecule has 6 N–H and O–H groups in total. The number of carboxylic acids is 2. The molecule has 0 radical (unpaired) electrons. The van der Waals surface area contributed by atoms with Crippen LogP contribution in [0.1, 0.15) is 28.8 Å². The first-order valence-corrected chi connectivity index (χ1v) is 10.4. The van der Waals surface area contributed by atoms with E-state index < -0.39 is 35.9 Å². The fourth-order valence-corrected chi connectivity index (χ4v) is 3.33. The fraction of sp³-hybridized carbons (Fsp3) is 0.217. The third-order valence-electron chi connectivity index (χ3n) is 5.04. The molecule has 0 saturated carbocycles. The Bertz CT molecular complexity index is 1360. The van der Waals surface area contributed by atoms with Crippen molar-refractivity contribution in [2.75, 3.05) is 17.2 Å². The van der Waals surface area contributed by atoms with E-state index in [2.05, 4.69) is 26.2 Å². The first kappa shape index (κ1) is 24.7. The van der Waals surface area contributed by atoms with Gasteiger partial charge in [0.15, 0.2) is 5.65 Å². The quantitative estimate of drug-likeness (QED) is 0.258. The molecular formula is C23H22N6O6. The van der Waals surface area contributed by atoms with E-state index in [4.69, 9.17) is 17.3 Å². The van der Waals surface area contributed by atoms with Crippen molar-refractivity contribution < 1.29 is 24.6 Å². The van der Waals surface area contributed by atoms with Crippen molar-refractivity contribution in [3.05, 3.63) is 58.0 Å². The molecule has 0 saturated heterocycles. The Kier molecular flexibility index (Phi) is 7.63. The van der Waals surface area contributed by atoms with Gasteiger partial charge in [-0.1, -0.05) is 5.92 Å². The van der Waals surface area contributed by atoms with Crippen LogP contribution in [0.4, 0.5) is 11.6 Å². The number of aromatic amines is 1. The Balaban J connectivity index is 1.76. The van der Waals surface area contributed by atoms with E-state index in [9.17, 15) is 24.3 Å². The molecule has 0 aliphatic carbocycles. The highest BCUT2D eigenvalue weighted by atomic mass is 16.4. The Hall–Kier alpha value is -4.92. The van der Waals surface area contributed by atoms with Crippen molar-refractivity contribution in [1.29, 1.82) is 0 Å². The minimum Gasteiger partial charge on any atom is -0.481 e. The van der Waals surface area contributed by atoms with Crippen molar-refractivity contribution in [1.82, 2.24) is 20.3 Å². The molecule has 1 aromatic carbocycles. The summed E-state index contributed by atoms with van der Waals surface area (Å²) in [4.78, 5) is 59.1. The predicted octanol–water partition coefficient (Wildman–Crippen LogP) is 0.588. The van der Waals surface area contributed by atoms with Crippen molar-refractivity contribution in [2.24, 2.45) is 0 Å². The number of aromatic nitrogens is 3. The lowest BCUT2D eigenvalue weighted by Crippen LogP contribution is -2.41. The summed E-state index contributed by atoms with van der Waals surface area (Å²) < 4.78 is 0. The Morgan fingerprint density at radius 2 is 1.94 bits per heavy atom. The standard InChI is InChI=1S/C23H22N6O6/c1-2-9-29(12-13-10-16-19(25-11-13)27-23(24)28-21(16)33)15-5-3-14(4-6-15)20(32)26-17(22(34)35)7-8-18(30)31/h1,3-6,10-11,17H,7-9,12H2,(H,26,32)(H,30,31)(H,34,35)(H3,24,25,27,28,33)/t17-/m0/s1. The second kappa shape index (κ2) is 10.8. The molecule has 0 bridgehead atoms. The minimum absolute atomic E-state index is 0.0302. The van der Waals surface area contributed by atoms with Gasteiger partial charge in [0.25, 0.3) is 11.5 Å². The average molecular weight is 478 g/mol. The number of pyridine rings is 1. The molecule has 3 aromatic rings. The number of terminal acetylenes is 1. The second-order valence-corrected chi connectivity index (χ2v) is 7.57. The monoisotopic (exact) mass is 478 g/mol. The van der Waals surface area contributed by atoms with Crippen LogP contribution >= 0.6 is 0 Å². The smallest absolute Gasteiger partial charge is 0.326 e. The van der Waals surface area contributed by atoms with Gasteiger partial charge < -0.3 is 26.2 Å². The largest absolute Gasteiger partial charge is 0.481 e. The van der Waals surface area contributed by atoms with Crippen molar-refractivity contribution in [2.45, 2.75) is 25.4 Å². The van der Waals surface area contributed by atoms with Gasteiger partial charge in [-0.25, -0.2) is 9.78 Å². The summed E-state index contributed by atoms with van der Waals surface area (Å²) in [6, 6.07) is 6.60. The summed E-state index contributed by atoms with van der Waals surface area (Å²) in [6.07, 6.45) is 6.44. The molecule has 1 amide bonds. The number of hydrogen-bond donors (Lipinski definition) is 5. The van der Waals surface area contributed by atoms with Crippen LogP contribution in [0.15, 0.2) is 41.3 Å². The number of nitrogens with zero attached hydrogens (tertiary/aromatic N) is 3. The number of H-pyrrole nitrogens is 1. The molecule has 0 fully saturated rings. The molecule has 2 heterocycles. The third-order valence-corrected chi connectivity index (χ3v) is 5.04. The number of benzene rings is 1. The van der Waals surface area contributed by atoms with Crippen molar-refractivity contribution in [3.8, 4) is 12.3 Å². The number of carboxylic acid groups (broad SMARTS) is 2. The maximum absolute atomic E-state index is 12.5. The van der Waals surface area contributed by atoms with E-state index in [-0.39, 0.29) is 35.5 Å². The lowest BCUT2D eigenvalue weighted by Gasteiger charge is -2.23. The number of fused-ring (bicyclic) bond motifs is 1. The van der Waals surface area contributed by atoms with Gasteiger partial charge in [-0.2, -0.15) is 4.98 Å². The summed E-state index contributed by atoms with van der Waals surface area (Å²) in [6.45, 7) is 0.523. The number of rotatable bonds is 10. The zero-order valence-corrected chi connectivity index (χ0v) is 18.4. The van der Waals surface area contributed by atoms with Gasteiger partial charge in [0, 0.05) is 30.4 Å². The maximum Gasteiger partial charge on any atom is 0.326 e. The molecule has 12 nitrogen and oxygen atoms in total. The van der Waals surface area contributed by atoms with E-state index in [1.807, 2.05) is 4.90 Å². The maximum atomic E-state index is 12.5. The number of anilines is 2. The number of aliphatic carboxylic acids is 2. The number of carbonyl (C=O) groups is 3. The Labute approximate surface area is 198 Å². The molecule has 35 heavy (non-hydrogen) atoms. The normalized spacial score (nSPS) is 11.4. The van der Waals surface area contributed by atoms with Gasteiger partial charge in [-0.3, -0.25) is 19.4 Å². The van der Waals surface area contributed by atoms with Gasteiger partial charge in [0.1, 0.15) is 6.04 Å². The number of nitrogen functional groups attached to an aromatic ring is 1. The van der Waals surface area contributed by atoms with Crippen LogP contribution in [0.25, 0.3) is 11.0 Å². The van der Waals surface area contributed by atoms with Crippen molar-refractivity contribution in [3.63, 3.8) is 0 Å². The molecular weight excluding hydrogens is 456 g/mol. The van der Waals surface area contributed by atoms with Crippen LogP contribution in [-0.2, 0) is 16.1 Å². The topological polar surface area (TPSA) is 192 Å². The Morgan fingerprint density at radius 3 is 2.57 bits per heavy atom. The van der Waals surface area contributed by atoms with Gasteiger partial charge >= 0.3 is 11.9 Å². The number of carbonyl (C=O) groups excluding carboxylic acids is 1. The van der Waals surface area contributed by atoms with E-state index in [1.54, 1.807) is 24.4 Å². The molecule has 0 unspecified atom stereocenters. The molecule has 0 aliphatic rings. The van der Waals surface area contributed by atoms with Crippen LogP contribution in [0.5, 0.6) is 0 Å². The highest BCUT2D eigenvalue weighted by molar-refractivity contribution is 5.97. The van der Waals surface area contributed by atoms with Crippen LogP contribution in [0.3, 0.4) is 0 Å². The summed E-state index contributed by atoms with van der Waals surface area (Å²) in [5.74, 6) is -0.602. The molecule has 12 heteroatoms. The highest BCUT2D eigenvalue weighted by Crippen LogP contribution is 2.19. The number of hydrogen-bond acceptors (Lipinski definition) is 8. The summed E-state index contributed by atoms with van der Waals surface area (Å²) in [5.41, 5.74) is 6.90. The number of nitrogens with two attached hydrogens (primary N) is 1. The zero-order chi connectivity index (χ0) is 25.5. The molecule has 2 aromatic heterocycles. The third kappa shape index (κ3) is 6.32. The number of amides is 1. The van der Waals surface area contributed by atoms with Gasteiger partial charge in [-0.15, -0.1) is 6.42 Å². The average Bonchev–Trinajstić information content (AvgIpc) is 2.81. The summed E-state index contributed by atoms with van der Waals surface area (Å²) >= 11 is 0. The molecule has 0 aliphatic heterocycles. The van der Waals surface area contributed by atoms with Crippen molar-refractivity contribution >= 4 is 40.5 Å². The number of nitrogens with one attached hydrogen (secondary N) is 2. The SMILES string of the molecule is C#CCN(Cc1cnc2nc(N)[nH]c(=O)c2c1)c1ccc(C(=O)N[C@@H](CCC(=O)O)C(=O)O)cc1. The second-order valence-electron chi connectivity index (χ2n) is 7.57. The van der Waals surface area contributed by atoms with Crippen LogP contribution in [0.2, 0.25) is 0 Å². The van der Waals surface area contributed by atoms with E-state index >= 15 is 0 Å². The lowest BCUT2D eigenvalue weighted by atomic mass is 10.1. The van der Waals surface area contributed by atoms with E-state index in [0.29, 0.717) is 17.8 Å². The molecule has 3 rings (SSSR count). The van der Waals surface area contributed by atoms with E-state index in [0.717, 1.165) is 0 Å². The van der Waals surface area contributed by atoms with E-state index in [1.165, 1.54) is 12.1 Å². The molecule has 0 spiro atoms. The van der Waals surface area contributed by atoms with Crippen LogP contribution < -0.4 is 21.5 Å². The first-order chi connectivity index (χ1) is 16.7. The summed E-state index contributed by atoms with van der Waals surface area (Å²) in [5, 5.41) is 20.6. The summed E-state index contributed by atoms with van der Waals surface area (Å²) in [7, 11) is 0. The Morgan fingerprint density at radius 1 is 1.23 bits per heavy atom. The van der Waals surface area contributed by atoms with Crippen LogP contribution in [0, 0.1) is 12.3 Å². The molecule has 180 valence electrons. The van der Waals surface area contributed by atoms with Crippen LogP contribution in [-0.4, -0.2) is 55.6 Å². The highest BCUT2D eigenvalue weighted by Gasteiger charge is 2.21. The molecule has 1 atom stereocenters. The minimum atomic E-state index is -1.33.